The van der Waals surface area contributed by atoms with Crippen molar-refractivity contribution in [2.45, 2.75) is 32.2 Å². The molecule has 5 heteroatoms. The van der Waals surface area contributed by atoms with Crippen molar-refractivity contribution >= 4 is 5.91 Å². The SMILES string of the molecule is O=C(NCc1ncn[nH]1)C1CCCC1. The summed E-state index contributed by atoms with van der Waals surface area (Å²) in [6.45, 7) is 0.454. The number of nitrogens with one attached hydrogen (secondary N) is 2. The summed E-state index contributed by atoms with van der Waals surface area (Å²) in [5.74, 6) is 1.08. The number of carbonyl (C=O) groups excluding carboxylic acids is 1. The first kappa shape index (κ1) is 9.18. The summed E-state index contributed by atoms with van der Waals surface area (Å²) < 4.78 is 0. The van der Waals surface area contributed by atoms with E-state index in [9.17, 15) is 4.79 Å². The van der Waals surface area contributed by atoms with E-state index in [1.54, 1.807) is 0 Å². The monoisotopic (exact) mass is 194 g/mol. The highest BCUT2D eigenvalue weighted by Gasteiger charge is 2.22. The maximum Gasteiger partial charge on any atom is 0.223 e. The maximum absolute atomic E-state index is 11.6. The molecule has 2 N–H and O–H groups in total. The zero-order chi connectivity index (χ0) is 9.80. The Hall–Kier alpha value is -1.39. The highest BCUT2D eigenvalue weighted by molar-refractivity contribution is 5.78. The highest BCUT2D eigenvalue weighted by atomic mass is 16.1. The summed E-state index contributed by atoms with van der Waals surface area (Å²) in [7, 11) is 0. The minimum absolute atomic E-state index is 0.152. The van der Waals surface area contributed by atoms with Crippen molar-refractivity contribution in [1.29, 1.82) is 0 Å². The van der Waals surface area contributed by atoms with E-state index >= 15 is 0 Å². The molecule has 1 aliphatic carbocycles. The Bertz CT molecular complexity index is 290. The number of rotatable bonds is 3. The smallest absolute Gasteiger partial charge is 0.223 e. The van der Waals surface area contributed by atoms with Crippen LogP contribution in [0, 0.1) is 5.92 Å². The van der Waals surface area contributed by atoms with E-state index in [1.165, 1.54) is 19.2 Å². The number of hydrogen-bond donors (Lipinski definition) is 2. The Kier molecular flexibility index (Phi) is 2.76. The van der Waals surface area contributed by atoms with Gasteiger partial charge in [-0.25, -0.2) is 4.98 Å². The van der Waals surface area contributed by atoms with Gasteiger partial charge in [0.15, 0.2) is 0 Å². The van der Waals surface area contributed by atoms with Crippen LogP contribution >= 0.6 is 0 Å². The van der Waals surface area contributed by atoms with Crippen molar-refractivity contribution in [1.82, 2.24) is 20.5 Å². The summed E-state index contributed by atoms with van der Waals surface area (Å²) in [6, 6.07) is 0. The van der Waals surface area contributed by atoms with Gasteiger partial charge in [0, 0.05) is 5.92 Å². The Balaban J connectivity index is 1.77. The van der Waals surface area contributed by atoms with Gasteiger partial charge in [0.25, 0.3) is 0 Å². The number of aromatic nitrogens is 3. The number of nitrogens with zero attached hydrogens (tertiary/aromatic N) is 2. The molecule has 0 atom stereocenters. The molecule has 0 saturated heterocycles. The first-order chi connectivity index (χ1) is 6.86. The summed E-state index contributed by atoms with van der Waals surface area (Å²) in [6.07, 6.45) is 5.86. The zero-order valence-corrected chi connectivity index (χ0v) is 7.99. The largest absolute Gasteiger partial charge is 0.349 e. The van der Waals surface area contributed by atoms with Crippen molar-refractivity contribution < 1.29 is 4.79 Å². The van der Waals surface area contributed by atoms with E-state index in [1.807, 2.05) is 0 Å². The molecule has 76 valence electrons. The Morgan fingerprint density at radius 3 is 3.00 bits per heavy atom. The molecule has 1 saturated carbocycles. The van der Waals surface area contributed by atoms with Gasteiger partial charge in [-0.05, 0) is 12.8 Å². The average molecular weight is 194 g/mol. The second-order valence-electron chi connectivity index (χ2n) is 3.63. The lowest BCUT2D eigenvalue weighted by Gasteiger charge is -2.08. The van der Waals surface area contributed by atoms with Crippen LogP contribution in [-0.4, -0.2) is 21.1 Å². The predicted molar refractivity (Wildman–Crippen MR) is 50.2 cm³/mol. The van der Waals surface area contributed by atoms with Crippen LogP contribution in [0.15, 0.2) is 6.33 Å². The molecule has 0 spiro atoms. The van der Waals surface area contributed by atoms with E-state index in [0.717, 1.165) is 12.8 Å². The number of H-pyrrole nitrogens is 1. The molecule has 0 aliphatic heterocycles. The van der Waals surface area contributed by atoms with Gasteiger partial charge in [0.05, 0.1) is 6.54 Å². The fourth-order valence-corrected chi connectivity index (χ4v) is 1.82. The van der Waals surface area contributed by atoms with Gasteiger partial charge in [0.2, 0.25) is 5.91 Å². The van der Waals surface area contributed by atoms with Crippen LogP contribution in [0.2, 0.25) is 0 Å². The van der Waals surface area contributed by atoms with Gasteiger partial charge < -0.3 is 5.32 Å². The van der Waals surface area contributed by atoms with Crippen LogP contribution in [-0.2, 0) is 11.3 Å². The lowest BCUT2D eigenvalue weighted by Crippen LogP contribution is -2.29. The van der Waals surface area contributed by atoms with E-state index in [-0.39, 0.29) is 11.8 Å². The summed E-state index contributed by atoms with van der Waals surface area (Å²) in [5.41, 5.74) is 0. The van der Waals surface area contributed by atoms with Crippen LogP contribution in [0.1, 0.15) is 31.5 Å². The second kappa shape index (κ2) is 4.21. The van der Waals surface area contributed by atoms with Crippen molar-refractivity contribution in [2.24, 2.45) is 5.92 Å². The maximum atomic E-state index is 11.6. The minimum Gasteiger partial charge on any atom is -0.349 e. The predicted octanol–water partition coefficient (Wildman–Crippen LogP) is 0.611. The van der Waals surface area contributed by atoms with Gasteiger partial charge in [-0.2, -0.15) is 5.10 Å². The number of amides is 1. The molecule has 1 fully saturated rings. The van der Waals surface area contributed by atoms with Gasteiger partial charge in [-0.15, -0.1) is 0 Å². The third kappa shape index (κ3) is 2.10. The lowest BCUT2D eigenvalue weighted by atomic mass is 10.1. The average Bonchev–Trinajstić information content (AvgIpc) is 2.87. The van der Waals surface area contributed by atoms with Crippen molar-refractivity contribution in [3.05, 3.63) is 12.2 Å². The van der Waals surface area contributed by atoms with Gasteiger partial charge >= 0.3 is 0 Å². The van der Waals surface area contributed by atoms with Gasteiger partial charge in [-0.1, -0.05) is 12.8 Å². The molecule has 1 amide bonds. The van der Waals surface area contributed by atoms with Crippen molar-refractivity contribution in [3.63, 3.8) is 0 Å². The zero-order valence-electron chi connectivity index (χ0n) is 7.99. The molecule has 0 aromatic carbocycles. The molecular formula is C9H14N4O. The van der Waals surface area contributed by atoms with Gasteiger partial charge in [0.1, 0.15) is 12.2 Å². The molecular weight excluding hydrogens is 180 g/mol. The molecule has 5 nitrogen and oxygen atoms in total. The van der Waals surface area contributed by atoms with E-state index in [4.69, 9.17) is 0 Å². The Labute approximate surface area is 82.3 Å². The molecule has 0 radical (unpaired) electrons. The molecule has 1 aliphatic rings. The first-order valence-electron chi connectivity index (χ1n) is 4.98. The summed E-state index contributed by atoms with van der Waals surface area (Å²) in [5, 5.41) is 9.27. The Morgan fingerprint density at radius 2 is 2.36 bits per heavy atom. The summed E-state index contributed by atoms with van der Waals surface area (Å²) in [4.78, 5) is 15.5. The van der Waals surface area contributed by atoms with Crippen molar-refractivity contribution in [2.75, 3.05) is 0 Å². The van der Waals surface area contributed by atoms with Crippen LogP contribution < -0.4 is 5.32 Å². The first-order valence-corrected chi connectivity index (χ1v) is 4.98. The number of hydrogen-bond acceptors (Lipinski definition) is 3. The normalized spacial score (nSPS) is 17.1. The van der Waals surface area contributed by atoms with Crippen LogP contribution in [0.25, 0.3) is 0 Å². The van der Waals surface area contributed by atoms with Crippen LogP contribution in [0.3, 0.4) is 0 Å². The molecule has 1 aromatic rings. The molecule has 1 aromatic heterocycles. The van der Waals surface area contributed by atoms with E-state index in [0.29, 0.717) is 12.4 Å². The lowest BCUT2D eigenvalue weighted by molar-refractivity contribution is -0.125. The molecule has 1 heterocycles. The summed E-state index contributed by atoms with van der Waals surface area (Å²) >= 11 is 0. The molecule has 0 unspecified atom stereocenters. The molecule has 14 heavy (non-hydrogen) atoms. The fourth-order valence-electron chi connectivity index (χ4n) is 1.82. The highest BCUT2D eigenvalue weighted by Crippen LogP contribution is 2.24. The van der Waals surface area contributed by atoms with E-state index < -0.39 is 0 Å². The van der Waals surface area contributed by atoms with E-state index in [2.05, 4.69) is 20.5 Å². The van der Waals surface area contributed by atoms with Gasteiger partial charge in [-0.3, -0.25) is 9.89 Å². The standard InChI is InChI=1S/C9H14N4O/c14-9(7-3-1-2-4-7)10-5-8-11-6-12-13-8/h6-7H,1-5H2,(H,10,14)(H,11,12,13). The molecule has 0 bridgehead atoms. The van der Waals surface area contributed by atoms with Crippen LogP contribution in [0.5, 0.6) is 0 Å². The van der Waals surface area contributed by atoms with Crippen LogP contribution in [0.4, 0.5) is 0 Å². The third-order valence-electron chi connectivity index (χ3n) is 2.62. The second-order valence-corrected chi connectivity index (χ2v) is 3.63. The number of aromatic amines is 1. The number of carbonyl (C=O) groups is 1. The molecule has 2 rings (SSSR count). The quantitative estimate of drug-likeness (QED) is 0.740. The third-order valence-corrected chi connectivity index (χ3v) is 2.62. The fraction of sp³-hybridized carbons (Fsp3) is 0.667. The van der Waals surface area contributed by atoms with Crippen molar-refractivity contribution in [3.8, 4) is 0 Å². The topological polar surface area (TPSA) is 70.7 Å². The minimum atomic E-state index is 0.152. The Morgan fingerprint density at radius 1 is 1.57 bits per heavy atom.